The molecule has 1 aromatic rings. The van der Waals surface area contributed by atoms with E-state index in [1.54, 1.807) is 0 Å². The summed E-state index contributed by atoms with van der Waals surface area (Å²) in [4.78, 5) is 5.52. The van der Waals surface area contributed by atoms with E-state index in [1.807, 2.05) is 5.38 Å². The summed E-state index contributed by atoms with van der Waals surface area (Å²) in [6.07, 6.45) is -2.76. The molecule has 2 nitrogen and oxygen atoms in total. The first-order chi connectivity index (χ1) is 7.90. The predicted octanol–water partition coefficient (Wildman–Crippen LogP) is 3.31. The van der Waals surface area contributed by atoms with Gasteiger partial charge in [0.1, 0.15) is 0 Å². The normalized spacial score (nSPS) is 12.4. The van der Waals surface area contributed by atoms with Crippen LogP contribution in [0, 0.1) is 0 Å². The molecule has 1 aromatic heterocycles. The third-order valence-corrected chi connectivity index (χ3v) is 3.35. The summed E-state index contributed by atoms with van der Waals surface area (Å²) in [5, 5.41) is 2.81. The van der Waals surface area contributed by atoms with Crippen LogP contribution in [0.4, 0.5) is 13.2 Å². The van der Waals surface area contributed by atoms with Gasteiger partial charge in [0, 0.05) is 11.8 Å². The molecule has 0 unspecified atom stereocenters. The summed E-state index contributed by atoms with van der Waals surface area (Å²) in [5.41, 5.74) is 0.829. The molecule has 0 aliphatic heterocycles. The maximum absolute atomic E-state index is 12.0. The molecule has 0 spiro atoms. The summed E-state index contributed by atoms with van der Waals surface area (Å²) in [5.74, 6) is 0.379. The Hall–Kier alpha value is -0.330. The number of rotatable bonds is 6. The van der Waals surface area contributed by atoms with Gasteiger partial charge in [-0.15, -0.1) is 22.9 Å². The first kappa shape index (κ1) is 14.7. The third-order valence-electron chi connectivity index (χ3n) is 2.12. The van der Waals surface area contributed by atoms with Gasteiger partial charge >= 0.3 is 6.18 Å². The third kappa shape index (κ3) is 6.24. The van der Waals surface area contributed by atoms with E-state index in [-0.39, 0.29) is 0 Å². The molecule has 7 heteroatoms. The summed E-state index contributed by atoms with van der Waals surface area (Å²) < 4.78 is 36.1. The van der Waals surface area contributed by atoms with Crippen LogP contribution in [-0.2, 0) is 12.3 Å². The fraction of sp³-hybridized carbons (Fsp3) is 0.700. The van der Waals surface area contributed by atoms with Gasteiger partial charge < -0.3 is 0 Å². The smallest absolute Gasteiger partial charge is 0.298 e. The first-order valence-electron chi connectivity index (χ1n) is 5.15. The minimum atomic E-state index is -4.12. The number of hydrogen-bond acceptors (Lipinski definition) is 3. The lowest BCUT2D eigenvalue weighted by atomic mass is 10.3. The Labute approximate surface area is 107 Å². The average molecular weight is 287 g/mol. The highest BCUT2D eigenvalue weighted by Gasteiger charge is 2.28. The van der Waals surface area contributed by atoms with Crippen molar-refractivity contribution in [2.24, 2.45) is 0 Å². The van der Waals surface area contributed by atoms with Crippen molar-refractivity contribution in [2.75, 3.05) is 20.1 Å². The second-order valence-corrected chi connectivity index (χ2v) is 5.03. The van der Waals surface area contributed by atoms with E-state index in [4.69, 9.17) is 11.6 Å². The van der Waals surface area contributed by atoms with Crippen molar-refractivity contribution in [1.29, 1.82) is 0 Å². The van der Waals surface area contributed by atoms with Crippen LogP contribution in [-0.4, -0.2) is 36.2 Å². The highest BCUT2D eigenvalue weighted by molar-refractivity contribution is 7.09. The highest BCUT2D eigenvalue weighted by atomic mass is 35.5. The van der Waals surface area contributed by atoms with Gasteiger partial charge in [-0.05, 0) is 20.0 Å². The van der Waals surface area contributed by atoms with Gasteiger partial charge in [-0.3, -0.25) is 4.90 Å². The SMILES string of the molecule is CN(CCCc1nc(CCl)cs1)CC(F)(F)F. The Balaban J connectivity index is 2.23. The second kappa shape index (κ2) is 6.56. The Bertz CT molecular complexity index is 341. The van der Waals surface area contributed by atoms with Gasteiger partial charge in [-0.2, -0.15) is 13.2 Å². The molecule has 0 amide bonds. The fourth-order valence-corrected chi connectivity index (χ4v) is 2.48. The number of nitrogens with zero attached hydrogens (tertiary/aromatic N) is 2. The summed E-state index contributed by atoms with van der Waals surface area (Å²) in [6, 6.07) is 0. The molecule has 98 valence electrons. The maximum Gasteiger partial charge on any atom is 0.401 e. The molecule has 0 saturated heterocycles. The van der Waals surface area contributed by atoms with E-state index < -0.39 is 12.7 Å². The molecule has 0 aromatic carbocycles. The Morgan fingerprint density at radius 1 is 1.47 bits per heavy atom. The molecule has 0 bridgehead atoms. The molecule has 0 fully saturated rings. The molecular formula is C10H14ClF3N2S. The number of alkyl halides is 4. The molecule has 0 N–H and O–H groups in total. The minimum Gasteiger partial charge on any atom is -0.298 e. The summed E-state index contributed by atoms with van der Waals surface area (Å²) in [6.45, 7) is -0.451. The Morgan fingerprint density at radius 2 is 2.18 bits per heavy atom. The van der Waals surface area contributed by atoms with Crippen LogP contribution in [0.5, 0.6) is 0 Å². The zero-order valence-corrected chi connectivity index (χ0v) is 11.0. The van der Waals surface area contributed by atoms with Gasteiger partial charge in [0.2, 0.25) is 0 Å². The van der Waals surface area contributed by atoms with Gasteiger partial charge in [-0.25, -0.2) is 4.98 Å². The van der Waals surface area contributed by atoms with Crippen molar-refractivity contribution in [3.63, 3.8) is 0 Å². The molecule has 1 rings (SSSR count). The first-order valence-corrected chi connectivity index (χ1v) is 6.56. The average Bonchev–Trinajstić information content (AvgIpc) is 2.63. The largest absolute Gasteiger partial charge is 0.401 e. The standard InChI is InChI=1S/C10H14ClF3N2S/c1-16(7-10(12,13)14)4-2-3-9-15-8(5-11)6-17-9/h6H,2-5,7H2,1H3. The zero-order chi connectivity index (χ0) is 12.9. The van der Waals surface area contributed by atoms with E-state index in [0.29, 0.717) is 25.3 Å². The van der Waals surface area contributed by atoms with Crippen LogP contribution in [0.1, 0.15) is 17.1 Å². The fourth-order valence-electron chi connectivity index (χ4n) is 1.41. The lowest BCUT2D eigenvalue weighted by Crippen LogP contribution is -2.31. The number of halogens is 4. The number of aromatic nitrogens is 1. The van der Waals surface area contributed by atoms with Gasteiger partial charge in [0.25, 0.3) is 0 Å². The van der Waals surface area contributed by atoms with Gasteiger partial charge in [0.15, 0.2) is 0 Å². The number of thiazole rings is 1. The van der Waals surface area contributed by atoms with Crippen LogP contribution in [0.25, 0.3) is 0 Å². The Kier molecular flexibility index (Phi) is 5.69. The van der Waals surface area contributed by atoms with E-state index in [0.717, 1.165) is 10.7 Å². The van der Waals surface area contributed by atoms with Crippen LogP contribution >= 0.6 is 22.9 Å². The number of hydrogen-bond donors (Lipinski definition) is 0. The lowest BCUT2D eigenvalue weighted by Gasteiger charge is -2.17. The van der Waals surface area contributed by atoms with Crippen molar-refractivity contribution in [3.8, 4) is 0 Å². The monoisotopic (exact) mass is 286 g/mol. The predicted molar refractivity (Wildman–Crippen MR) is 63.5 cm³/mol. The molecule has 0 aliphatic rings. The highest BCUT2D eigenvalue weighted by Crippen LogP contribution is 2.16. The molecule has 0 saturated carbocycles. The van der Waals surface area contributed by atoms with Crippen molar-refractivity contribution < 1.29 is 13.2 Å². The number of aryl methyl sites for hydroxylation is 1. The van der Waals surface area contributed by atoms with Crippen molar-refractivity contribution in [1.82, 2.24) is 9.88 Å². The molecule has 0 radical (unpaired) electrons. The quantitative estimate of drug-likeness (QED) is 0.746. The van der Waals surface area contributed by atoms with E-state index >= 15 is 0 Å². The molecular weight excluding hydrogens is 273 g/mol. The summed E-state index contributed by atoms with van der Waals surface area (Å²) >= 11 is 7.11. The van der Waals surface area contributed by atoms with Crippen molar-refractivity contribution >= 4 is 22.9 Å². The van der Waals surface area contributed by atoms with Gasteiger partial charge in [0.05, 0.1) is 23.1 Å². The summed E-state index contributed by atoms with van der Waals surface area (Å²) in [7, 11) is 1.47. The van der Waals surface area contributed by atoms with E-state index in [1.165, 1.54) is 23.3 Å². The van der Waals surface area contributed by atoms with Crippen LogP contribution < -0.4 is 0 Å². The molecule has 1 heterocycles. The molecule has 0 atom stereocenters. The molecule has 0 aliphatic carbocycles. The Morgan fingerprint density at radius 3 is 2.71 bits per heavy atom. The minimum absolute atomic E-state index is 0.379. The van der Waals surface area contributed by atoms with Crippen LogP contribution in [0.15, 0.2) is 5.38 Å². The second-order valence-electron chi connectivity index (χ2n) is 3.82. The van der Waals surface area contributed by atoms with Crippen molar-refractivity contribution in [3.05, 3.63) is 16.1 Å². The van der Waals surface area contributed by atoms with E-state index in [9.17, 15) is 13.2 Å². The van der Waals surface area contributed by atoms with E-state index in [2.05, 4.69) is 4.98 Å². The van der Waals surface area contributed by atoms with Crippen LogP contribution in [0.3, 0.4) is 0 Å². The van der Waals surface area contributed by atoms with Crippen molar-refractivity contribution in [2.45, 2.75) is 24.9 Å². The lowest BCUT2D eigenvalue weighted by molar-refractivity contribution is -0.143. The molecule has 17 heavy (non-hydrogen) atoms. The topological polar surface area (TPSA) is 16.1 Å². The van der Waals surface area contributed by atoms with Crippen LogP contribution in [0.2, 0.25) is 0 Å². The zero-order valence-electron chi connectivity index (χ0n) is 9.43. The van der Waals surface area contributed by atoms with Gasteiger partial charge in [-0.1, -0.05) is 0 Å². The maximum atomic E-state index is 12.0.